The summed E-state index contributed by atoms with van der Waals surface area (Å²) in [5.41, 5.74) is 6.49. The van der Waals surface area contributed by atoms with Crippen LogP contribution < -0.4 is 10.6 Å². The fourth-order valence-electron chi connectivity index (χ4n) is 3.64. The van der Waals surface area contributed by atoms with Crippen LogP contribution >= 0.6 is 0 Å². The van der Waals surface area contributed by atoms with Crippen molar-refractivity contribution in [1.29, 1.82) is 0 Å². The smallest absolute Gasteiger partial charge is 0.282 e. The van der Waals surface area contributed by atoms with Crippen LogP contribution in [0, 0.1) is 5.92 Å². The summed E-state index contributed by atoms with van der Waals surface area (Å²) in [5, 5.41) is 3.99. The molecular weight excluding hydrogens is 380 g/mol. The molecule has 3 aromatic rings. The van der Waals surface area contributed by atoms with E-state index in [1.807, 2.05) is 6.07 Å². The minimum atomic E-state index is -2.66. The first-order valence-electron chi connectivity index (χ1n) is 9.50. The van der Waals surface area contributed by atoms with Gasteiger partial charge in [0.05, 0.1) is 11.9 Å². The lowest BCUT2D eigenvalue weighted by atomic mass is 9.92. The lowest BCUT2D eigenvalue weighted by Crippen LogP contribution is -2.34. The molecule has 152 valence electrons. The molecule has 4 rings (SSSR count). The summed E-state index contributed by atoms with van der Waals surface area (Å²) in [6.07, 6.45) is 3.53. The number of primary amides is 1. The average Bonchev–Trinajstić information content (AvgIpc) is 3.16. The topological polar surface area (TPSA) is 102 Å². The van der Waals surface area contributed by atoms with Gasteiger partial charge < -0.3 is 10.6 Å². The molecule has 0 saturated carbocycles. The summed E-state index contributed by atoms with van der Waals surface area (Å²) in [5.74, 6) is 0.989. The predicted molar refractivity (Wildman–Crippen MR) is 102 cm³/mol. The number of alkyl halides is 2. The Bertz CT molecular complexity index is 1010. The number of carbonyl (C=O) groups excluding carboxylic acids is 1. The summed E-state index contributed by atoms with van der Waals surface area (Å²) in [6, 6.07) is 4.60. The lowest BCUT2D eigenvalue weighted by Gasteiger charge is -2.32. The van der Waals surface area contributed by atoms with Crippen LogP contribution in [0.2, 0.25) is 0 Å². The molecule has 1 fully saturated rings. The monoisotopic (exact) mass is 401 g/mol. The highest BCUT2D eigenvalue weighted by atomic mass is 19.3. The average molecular weight is 401 g/mol. The third kappa shape index (κ3) is 4.15. The van der Waals surface area contributed by atoms with Crippen LogP contribution in [0.3, 0.4) is 0 Å². The standard InChI is InChI=1S/C19H21F2N7O/c20-19(21)13-2-4-17-23-10-15(28(17)26-13)14-9-18(25-11-24-14)27-7-5-12(6-8-27)1-3-16(22)29/h2,4,9-12,19H,1,3,5-8H2,(H2,22,29). The highest BCUT2D eigenvalue weighted by molar-refractivity contribution is 5.73. The minimum Gasteiger partial charge on any atom is -0.370 e. The van der Waals surface area contributed by atoms with E-state index in [2.05, 4.69) is 25.0 Å². The van der Waals surface area contributed by atoms with E-state index in [0.717, 1.165) is 38.2 Å². The van der Waals surface area contributed by atoms with Crippen LogP contribution in [0.1, 0.15) is 37.8 Å². The molecule has 3 aromatic heterocycles. The molecular formula is C19H21F2N7O. The zero-order chi connectivity index (χ0) is 20.4. The molecule has 2 N–H and O–H groups in total. The maximum atomic E-state index is 13.0. The van der Waals surface area contributed by atoms with Gasteiger partial charge in [-0.15, -0.1) is 0 Å². The molecule has 1 saturated heterocycles. The fraction of sp³-hybridized carbons (Fsp3) is 0.421. The zero-order valence-electron chi connectivity index (χ0n) is 15.7. The second-order valence-corrected chi connectivity index (χ2v) is 7.17. The fourth-order valence-corrected chi connectivity index (χ4v) is 3.64. The number of hydrogen-bond donors (Lipinski definition) is 1. The van der Waals surface area contributed by atoms with Crippen molar-refractivity contribution < 1.29 is 13.6 Å². The number of imidazole rings is 1. The van der Waals surface area contributed by atoms with Crippen LogP contribution in [0.5, 0.6) is 0 Å². The van der Waals surface area contributed by atoms with E-state index in [9.17, 15) is 13.6 Å². The number of amides is 1. The van der Waals surface area contributed by atoms with Crippen LogP contribution in [-0.4, -0.2) is 43.6 Å². The molecule has 8 nitrogen and oxygen atoms in total. The van der Waals surface area contributed by atoms with Gasteiger partial charge in [-0.05, 0) is 37.3 Å². The molecule has 1 aliphatic heterocycles. The molecule has 0 aliphatic carbocycles. The molecule has 4 heterocycles. The number of aromatic nitrogens is 5. The number of fused-ring (bicyclic) bond motifs is 1. The van der Waals surface area contributed by atoms with Crippen LogP contribution in [0.15, 0.2) is 30.7 Å². The second-order valence-electron chi connectivity index (χ2n) is 7.17. The van der Waals surface area contributed by atoms with Gasteiger partial charge in [-0.25, -0.2) is 28.2 Å². The maximum absolute atomic E-state index is 13.0. The number of halogens is 2. The van der Waals surface area contributed by atoms with Gasteiger partial charge in [0, 0.05) is 25.6 Å². The van der Waals surface area contributed by atoms with Gasteiger partial charge in [0.1, 0.15) is 23.5 Å². The molecule has 0 aromatic carbocycles. The van der Waals surface area contributed by atoms with E-state index in [1.54, 1.807) is 6.20 Å². The quantitative estimate of drug-likeness (QED) is 0.681. The van der Waals surface area contributed by atoms with E-state index < -0.39 is 6.43 Å². The van der Waals surface area contributed by atoms with Crippen molar-refractivity contribution in [3.8, 4) is 11.4 Å². The summed E-state index contributed by atoms with van der Waals surface area (Å²) >= 11 is 0. The number of carbonyl (C=O) groups is 1. The number of rotatable bonds is 6. The van der Waals surface area contributed by atoms with Gasteiger partial charge >= 0.3 is 0 Å². The molecule has 0 bridgehead atoms. The van der Waals surface area contributed by atoms with Gasteiger partial charge in [0.2, 0.25) is 5.91 Å². The normalized spacial score (nSPS) is 15.3. The first-order chi connectivity index (χ1) is 14.0. The minimum absolute atomic E-state index is 0.260. The number of nitrogens with two attached hydrogens (primary N) is 1. The van der Waals surface area contributed by atoms with Crippen LogP contribution in [0.4, 0.5) is 14.6 Å². The lowest BCUT2D eigenvalue weighted by molar-refractivity contribution is -0.118. The summed E-state index contributed by atoms with van der Waals surface area (Å²) in [4.78, 5) is 26.0. The van der Waals surface area contributed by atoms with Crippen molar-refractivity contribution in [2.24, 2.45) is 11.7 Å². The summed E-state index contributed by atoms with van der Waals surface area (Å²) < 4.78 is 27.4. The van der Waals surface area contributed by atoms with E-state index in [1.165, 1.54) is 23.0 Å². The number of nitrogens with zero attached hydrogens (tertiary/aromatic N) is 6. The van der Waals surface area contributed by atoms with Gasteiger partial charge in [0.15, 0.2) is 5.65 Å². The van der Waals surface area contributed by atoms with E-state index >= 15 is 0 Å². The Labute approximate surface area is 165 Å². The van der Waals surface area contributed by atoms with Gasteiger partial charge in [-0.3, -0.25) is 4.79 Å². The molecule has 0 radical (unpaired) electrons. The highest BCUT2D eigenvalue weighted by Gasteiger charge is 2.21. The molecule has 10 heteroatoms. The van der Waals surface area contributed by atoms with Gasteiger partial charge in [-0.2, -0.15) is 5.10 Å². The summed E-state index contributed by atoms with van der Waals surface area (Å²) in [6.45, 7) is 1.64. The number of piperidine rings is 1. The maximum Gasteiger partial charge on any atom is 0.282 e. The first-order valence-corrected chi connectivity index (χ1v) is 9.50. The van der Waals surface area contributed by atoms with E-state index in [0.29, 0.717) is 29.4 Å². The molecule has 29 heavy (non-hydrogen) atoms. The largest absolute Gasteiger partial charge is 0.370 e. The third-order valence-corrected chi connectivity index (χ3v) is 5.26. The Morgan fingerprint density at radius 1 is 1.21 bits per heavy atom. The first kappa shape index (κ1) is 19.2. The highest BCUT2D eigenvalue weighted by Crippen LogP contribution is 2.27. The SMILES string of the molecule is NC(=O)CCC1CCN(c2cc(-c3cnc4ccc(C(F)F)nn34)ncn2)CC1. The zero-order valence-corrected chi connectivity index (χ0v) is 15.7. The van der Waals surface area contributed by atoms with Crippen LogP contribution in [0.25, 0.3) is 17.0 Å². The van der Waals surface area contributed by atoms with Crippen molar-refractivity contribution in [2.75, 3.05) is 18.0 Å². The molecule has 0 spiro atoms. The van der Waals surface area contributed by atoms with Gasteiger partial charge in [0.25, 0.3) is 6.43 Å². The predicted octanol–water partition coefficient (Wildman–Crippen LogP) is 2.61. The molecule has 1 aliphatic rings. The van der Waals surface area contributed by atoms with Crippen molar-refractivity contribution in [3.05, 3.63) is 36.4 Å². The molecule has 0 unspecified atom stereocenters. The summed E-state index contributed by atoms with van der Waals surface area (Å²) in [7, 11) is 0. The van der Waals surface area contributed by atoms with Crippen molar-refractivity contribution in [2.45, 2.75) is 32.1 Å². The molecule has 1 amide bonds. The van der Waals surface area contributed by atoms with E-state index in [4.69, 9.17) is 5.73 Å². The van der Waals surface area contributed by atoms with Crippen molar-refractivity contribution in [3.63, 3.8) is 0 Å². The second kappa shape index (κ2) is 8.06. The Morgan fingerprint density at radius 2 is 2.00 bits per heavy atom. The number of hydrogen-bond acceptors (Lipinski definition) is 6. The third-order valence-electron chi connectivity index (χ3n) is 5.26. The van der Waals surface area contributed by atoms with Crippen LogP contribution in [-0.2, 0) is 4.79 Å². The van der Waals surface area contributed by atoms with Crippen molar-refractivity contribution in [1.82, 2.24) is 24.6 Å². The Kier molecular flexibility index (Phi) is 5.32. The number of anilines is 1. The molecule has 0 atom stereocenters. The Balaban J connectivity index is 1.53. The Hall–Kier alpha value is -3.17. The Morgan fingerprint density at radius 3 is 2.72 bits per heavy atom. The van der Waals surface area contributed by atoms with Crippen molar-refractivity contribution >= 4 is 17.4 Å². The van der Waals surface area contributed by atoms with Gasteiger partial charge in [-0.1, -0.05) is 0 Å². The van der Waals surface area contributed by atoms with E-state index in [-0.39, 0.29) is 11.6 Å².